The molecule has 11 heavy (non-hydrogen) atoms. The Bertz CT molecular complexity index is 145. The number of nitrogens with zero attached hydrogens (tertiary/aromatic N) is 1. The number of aryl methyl sites for hydroxylation is 1. The van der Waals surface area contributed by atoms with Crippen LogP contribution in [-0.2, 0) is 0 Å². The molecule has 0 saturated heterocycles. The van der Waals surface area contributed by atoms with Crippen molar-refractivity contribution in [3.05, 3.63) is 31.0 Å². The van der Waals surface area contributed by atoms with Gasteiger partial charge in [0.05, 0.1) is 6.20 Å². The van der Waals surface area contributed by atoms with E-state index < -0.39 is 0 Å². The summed E-state index contributed by atoms with van der Waals surface area (Å²) < 4.78 is 4.72. The minimum absolute atomic E-state index is 0.856. The summed E-state index contributed by atoms with van der Waals surface area (Å²) in [6, 6.07) is 0. The summed E-state index contributed by atoms with van der Waals surface area (Å²) in [6.45, 7) is 11.1. The normalized spacial score (nSPS) is 6.55. The van der Waals surface area contributed by atoms with E-state index in [9.17, 15) is 0 Å². The first-order valence-corrected chi connectivity index (χ1v) is 3.73. The fourth-order valence-corrected chi connectivity index (χ4v) is 0.279. The van der Waals surface area contributed by atoms with Crippen molar-refractivity contribution in [1.82, 2.24) is 4.98 Å². The van der Waals surface area contributed by atoms with E-state index >= 15 is 0 Å². The molecule has 0 radical (unpaired) electrons. The number of allylic oxidation sites excluding steroid dienone is 1. The Morgan fingerprint density at radius 1 is 1.55 bits per heavy atom. The molecule has 0 aliphatic heterocycles. The second-order valence-electron chi connectivity index (χ2n) is 1.52. The highest BCUT2D eigenvalue weighted by atomic mass is 16.3. The zero-order valence-corrected chi connectivity index (χ0v) is 7.79. The molecule has 0 aliphatic rings. The van der Waals surface area contributed by atoms with E-state index in [0.717, 1.165) is 5.76 Å². The highest BCUT2D eigenvalue weighted by Gasteiger charge is 1.77. The SMILES string of the molecule is C=CC.CC.Cc1cnco1. The Balaban J connectivity index is 0. The molecule has 2 heteroatoms. The van der Waals surface area contributed by atoms with Gasteiger partial charge < -0.3 is 4.42 Å². The third-order valence-electron chi connectivity index (χ3n) is 0.556. The van der Waals surface area contributed by atoms with Crippen molar-refractivity contribution in [2.24, 2.45) is 0 Å². The lowest BCUT2D eigenvalue weighted by Gasteiger charge is -1.66. The first-order valence-electron chi connectivity index (χ1n) is 3.73. The quantitative estimate of drug-likeness (QED) is 0.538. The second-order valence-corrected chi connectivity index (χ2v) is 1.52. The zero-order valence-electron chi connectivity index (χ0n) is 7.79. The first-order chi connectivity index (χ1) is 5.31. The van der Waals surface area contributed by atoms with Gasteiger partial charge in [-0.15, -0.1) is 6.58 Å². The molecule has 0 amide bonds. The van der Waals surface area contributed by atoms with Crippen LogP contribution in [0.4, 0.5) is 0 Å². The maximum absolute atomic E-state index is 4.72. The van der Waals surface area contributed by atoms with Crippen LogP contribution in [0.2, 0.25) is 0 Å². The fraction of sp³-hybridized carbons (Fsp3) is 0.444. The van der Waals surface area contributed by atoms with Crippen LogP contribution in [0.25, 0.3) is 0 Å². The topological polar surface area (TPSA) is 26.0 Å². The first kappa shape index (κ1) is 12.6. The van der Waals surface area contributed by atoms with Crippen LogP contribution < -0.4 is 0 Å². The van der Waals surface area contributed by atoms with Crippen molar-refractivity contribution in [3.8, 4) is 0 Å². The minimum atomic E-state index is 0.856. The third kappa shape index (κ3) is 12.2. The maximum atomic E-state index is 4.72. The highest BCUT2D eigenvalue weighted by molar-refractivity contribution is 4.80. The van der Waals surface area contributed by atoms with Gasteiger partial charge in [-0.2, -0.15) is 0 Å². The predicted molar refractivity (Wildman–Crippen MR) is 48.5 cm³/mol. The van der Waals surface area contributed by atoms with E-state index in [-0.39, 0.29) is 0 Å². The van der Waals surface area contributed by atoms with Crippen LogP contribution in [0, 0.1) is 6.92 Å². The lowest BCUT2D eigenvalue weighted by Crippen LogP contribution is -1.50. The van der Waals surface area contributed by atoms with Gasteiger partial charge in [0.2, 0.25) is 0 Å². The van der Waals surface area contributed by atoms with Gasteiger partial charge in [-0.25, -0.2) is 4.98 Å². The van der Waals surface area contributed by atoms with Crippen molar-refractivity contribution >= 4 is 0 Å². The van der Waals surface area contributed by atoms with Crippen molar-refractivity contribution in [2.45, 2.75) is 27.7 Å². The van der Waals surface area contributed by atoms with Gasteiger partial charge in [0.1, 0.15) is 5.76 Å². The van der Waals surface area contributed by atoms with Gasteiger partial charge >= 0.3 is 0 Å². The molecule has 0 atom stereocenters. The Labute approximate surface area is 69.0 Å². The van der Waals surface area contributed by atoms with Gasteiger partial charge in [0.15, 0.2) is 6.39 Å². The molecule has 1 aromatic rings. The van der Waals surface area contributed by atoms with Gasteiger partial charge in [-0.1, -0.05) is 19.9 Å². The summed E-state index contributed by atoms with van der Waals surface area (Å²) in [5.41, 5.74) is 0. The molecule has 64 valence electrons. The Morgan fingerprint density at radius 3 is 2.09 bits per heavy atom. The molecule has 0 spiro atoms. The lowest BCUT2D eigenvalue weighted by molar-refractivity contribution is 0.527. The summed E-state index contributed by atoms with van der Waals surface area (Å²) in [7, 11) is 0. The Hall–Kier alpha value is -1.05. The smallest absolute Gasteiger partial charge is 0.180 e. The van der Waals surface area contributed by atoms with Crippen LogP contribution in [-0.4, -0.2) is 4.98 Å². The molecule has 0 bridgehead atoms. The molecule has 0 unspecified atom stereocenters. The standard InChI is InChI=1S/C4H5NO.C3H6.C2H6/c1-4-2-5-3-6-4;1-3-2;1-2/h2-3H,1H3;3H,1H2,2H3;1-2H3. The summed E-state index contributed by atoms with van der Waals surface area (Å²) in [6.07, 6.45) is 4.83. The Morgan fingerprint density at radius 2 is 2.00 bits per heavy atom. The number of rotatable bonds is 0. The molecule has 0 fully saturated rings. The number of aromatic nitrogens is 1. The van der Waals surface area contributed by atoms with E-state index in [0.29, 0.717) is 0 Å². The molecular formula is C9H17NO. The third-order valence-corrected chi connectivity index (χ3v) is 0.556. The monoisotopic (exact) mass is 155 g/mol. The van der Waals surface area contributed by atoms with Crippen molar-refractivity contribution in [2.75, 3.05) is 0 Å². The molecular weight excluding hydrogens is 138 g/mol. The lowest BCUT2D eigenvalue weighted by atomic mass is 10.6. The molecule has 1 aromatic heterocycles. The van der Waals surface area contributed by atoms with Crippen molar-refractivity contribution in [1.29, 1.82) is 0 Å². The summed E-state index contributed by atoms with van der Waals surface area (Å²) >= 11 is 0. The molecule has 0 aliphatic carbocycles. The van der Waals surface area contributed by atoms with Crippen LogP contribution in [0.5, 0.6) is 0 Å². The molecule has 0 N–H and O–H groups in total. The van der Waals surface area contributed by atoms with Gasteiger partial charge in [0.25, 0.3) is 0 Å². The van der Waals surface area contributed by atoms with Gasteiger partial charge in [0, 0.05) is 0 Å². The zero-order chi connectivity index (χ0) is 9.11. The average Bonchev–Trinajstić information content (AvgIpc) is 2.46. The number of oxazole rings is 1. The van der Waals surface area contributed by atoms with E-state index in [1.54, 1.807) is 12.3 Å². The van der Waals surface area contributed by atoms with Gasteiger partial charge in [-0.3, -0.25) is 0 Å². The minimum Gasteiger partial charge on any atom is -0.449 e. The van der Waals surface area contributed by atoms with E-state index in [4.69, 9.17) is 4.42 Å². The molecule has 0 aromatic carbocycles. The highest BCUT2D eigenvalue weighted by Crippen LogP contribution is 1.88. The summed E-state index contributed by atoms with van der Waals surface area (Å²) in [4.78, 5) is 3.66. The Kier molecular flexibility index (Phi) is 13.4. The molecule has 1 heterocycles. The molecule has 2 nitrogen and oxygen atoms in total. The van der Waals surface area contributed by atoms with E-state index in [1.807, 2.05) is 27.7 Å². The van der Waals surface area contributed by atoms with Gasteiger partial charge in [-0.05, 0) is 13.8 Å². The molecule has 1 rings (SSSR count). The van der Waals surface area contributed by atoms with E-state index in [1.165, 1.54) is 6.39 Å². The van der Waals surface area contributed by atoms with Crippen molar-refractivity contribution < 1.29 is 4.42 Å². The summed E-state index contributed by atoms with van der Waals surface area (Å²) in [5.74, 6) is 0.856. The largest absolute Gasteiger partial charge is 0.449 e. The number of hydrogen-bond donors (Lipinski definition) is 0. The van der Waals surface area contributed by atoms with Crippen LogP contribution in [0.3, 0.4) is 0 Å². The predicted octanol–water partition coefficient (Wildman–Crippen LogP) is 3.20. The second kappa shape index (κ2) is 11.7. The maximum Gasteiger partial charge on any atom is 0.180 e. The van der Waals surface area contributed by atoms with Crippen LogP contribution in [0.1, 0.15) is 26.5 Å². The van der Waals surface area contributed by atoms with Crippen molar-refractivity contribution in [3.63, 3.8) is 0 Å². The molecule has 0 saturated carbocycles. The van der Waals surface area contributed by atoms with Crippen LogP contribution >= 0.6 is 0 Å². The average molecular weight is 155 g/mol. The van der Waals surface area contributed by atoms with E-state index in [2.05, 4.69) is 11.6 Å². The fourth-order valence-electron chi connectivity index (χ4n) is 0.279. The van der Waals surface area contributed by atoms with Crippen LogP contribution in [0.15, 0.2) is 29.7 Å². The number of hydrogen-bond acceptors (Lipinski definition) is 2. The summed E-state index contributed by atoms with van der Waals surface area (Å²) in [5, 5.41) is 0.